The number of benzene rings is 3. The largest absolute Gasteiger partial charge is 0.497 e. The van der Waals surface area contributed by atoms with Crippen molar-refractivity contribution in [1.82, 2.24) is 5.01 Å². The van der Waals surface area contributed by atoms with Gasteiger partial charge in [-0.1, -0.05) is 30.3 Å². The molecule has 2 atom stereocenters. The zero-order chi connectivity index (χ0) is 19.8. The van der Waals surface area contributed by atoms with E-state index in [1.165, 1.54) is 5.56 Å². The average molecular weight is 386 g/mol. The Morgan fingerprint density at radius 1 is 0.897 bits per heavy atom. The van der Waals surface area contributed by atoms with Crippen molar-refractivity contribution in [1.29, 1.82) is 0 Å². The molecule has 3 aromatic rings. The summed E-state index contributed by atoms with van der Waals surface area (Å²) < 4.78 is 17.1. The second-order valence-corrected chi connectivity index (χ2v) is 7.16. The first-order valence-electron chi connectivity index (χ1n) is 9.66. The Hall–Kier alpha value is -3.47. The SMILES string of the molecule is COc1ccc([C@@H]2Oc3ccccc3[C@H]3CC(c4cccc(OC)c4)=NN32)cc1. The lowest BCUT2D eigenvalue weighted by Crippen LogP contribution is -2.33. The third-order valence-corrected chi connectivity index (χ3v) is 5.50. The van der Waals surface area contributed by atoms with Gasteiger partial charge in [0, 0.05) is 23.1 Å². The Balaban J connectivity index is 1.56. The number of hydrogen-bond acceptors (Lipinski definition) is 5. The fraction of sp³-hybridized carbons (Fsp3) is 0.208. The number of ether oxygens (including phenoxy) is 3. The molecule has 0 N–H and O–H groups in total. The highest BCUT2D eigenvalue weighted by molar-refractivity contribution is 6.02. The van der Waals surface area contributed by atoms with Crippen LogP contribution in [0.4, 0.5) is 0 Å². The number of fused-ring (bicyclic) bond motifs is 3. The van der Waals surface area contributed by atoms with Crippen molar-refractivity contribution in [3.63, 3.8) is 0 Å². The highest BCUT2D eigenvalue weighted by Crippen LogP contribution is 2.47. The van der Waals surface area contributed by atoms with E-state index < -0.39 is 0 Å². The molecule has 5 rings (SSSR count). The normalized spacial score (nSPS) is 19.7. The monoisotopic (exact) mass is 386 g/mol. The third kappa shape index (κ3) is 3.09. The van der Waals surface area contributed by atoms with Crippen LogP contribution >= 0.6 is 0 Å². The van der Waals surface area contributed by atoms with Crippen molar-refractivity contribution in [3.05, 3.63) is 89.5 Å². The minimum atomic E-state index is -0.288. The van der Waals surface area contributed by atoms with Gasteiger partial charge in [-0.25, -0.2) is 5.01 Å². The van der Waals surface area contributed by atoms with E-state index in [0.717, 1.165) is 40.5 Å². The Bertz CT molecular complexity index is 1060. The summed E-state index contributed by atoms with van der Waals surface area (Å²) in [6.45, 7) is 0. The van der Waals surface area contributed by atoms with Gasteiger partial charge in [-0.15, -0.1) is 0 Å². The van der Waals surface area contributed by atoms with E-state index in [1.807, 2.05) is 54.6 Å². The van der Waals surface area contributed by atoms with Crippen LogP contribution in [-0.4, -0.2) is 24.9 Å². The molecule has 0 saturated heterocycles. The van der Waals surface area contributed by atoms with Gasteiger partial charge in [-0.3, -0.25) is 0 Å². The van der Waals surface area contributed by atoms with E-state index in [4.69, 9.17) is 19.3 Å². The molecule has 0 aromatic heterocycles. The summed E-state index contributed by atoms with van der Waals surface area (Å²) in [5.74, 6) is 2.57. The maximum atomic E-state index is 6.39. The van der Waals surface area contributed by atoms with Gasteiger partial charge in [-0.05, 0) is 42.5 Å². The maximum Gasteiger partial charge on any atom is 0.213 e. The minimum absolute atomic E-state index is 0.133. The van der Waals surface area contributed by atoms with Crippen LogP contribution in [0.1, 0.15) is 35.4 Å². The summed E-state index contributed by atoms with van der Waals surface area (Å²) >= 11 is 0. The van der Waals surface area contributed by atoms with Crippen molar-refractivity contribution in [2.45, 2.75) is 18.7 Å². The van der Waals surface area contributed by atoms with Gasteiger partial charge in [0.25, 0.3) is 0 Å². The molecule has 29 heavy (non-hydrogen) atoms. The topological polar surface area (TPSA) is 43.3 Å². The van der Waals surface area contributed by atoms with Crippen molar-refractivity contribution in [3.8, 4) is 17.2 Å². The molecule has 5 heteroatoms. The second-order valence-electron chi connectivity index (χ2n) is 7.16. The number of hydrazone groups is 1. The molecule has 0 aliphatic carbocycles. The lowest BCUT2D eigenvalue weighted by molar-refractivity contribution is -0.0190. The summed E-state index contributed by atoms with van der Waals surface area (Å²) in [4.78, 5) is 0. The van der Waals surface area contributed by atoms with E-state index in [0.29, 0.717) is 0 Å². The lowest BCUT2D eigenvalue weighted by atomic mass is 9.96. The average Bonchev–Trinajstić information content (AvgIpc) is 3.24. The molecule has 3 aromatic carbocycles. The van der Waals surface area contributed by atoms with Gasteiger partial charge in [-0.2, -0.15) is 5.10 Å². The van der Waals surface area contributed by atoms with Crippen LogP contribution in [0.25, 0.3) is 0 Å². The van der Waals surface area contributed by atoms with Crippen molar-refractivity contribution >= 4 is 5.71 Å². The Morgan fingerprint density at radius 2 is 1.69 bits per heavy atom. The standard InChI is InChI=1S/C24H22N2O3/c1-27-18-12-10-16(11-13-18)24-26-22(20-8-3-4-9-23(20)29-24)15-21(25-26)17-6-5-7-19(14-17)28-2/h3-14,22,24H,15H2,1-2H3/t22-,24+/m1/s1. The van der Waals surface area contributed by atoms with Crippen LogP contribution in [0.15, 0.2) is 77.9 Å². The zero-order valence-electron chi connectivity index (χ0n) is 16.4. The second kappa shape index (κ2) is 7.17. The van der Waals surface area contributed by atoms with Crippen LogP contribution < -0.4 is 14.2 Å². The fourth-order valence-electron chi connectivity index (χ4n) is 4.00. The van der Waals surface area contributed by atoms with Gasteiger partial charge >= 0.3 is 0 Å². The van der Waals surface area contributed by atoms with Gasteiger partial charge in [0.05, 0.1) is 26.0 Å². The van der Waals surface area contributed by atoms with Crippen LogP contribution in [0.2, 0.25) is 0 Å². The van der Waals surface area contributed by atoms with E-state index in [2.05, 4.69) is 23.2 Å². The summed E-state index contributed by atoms with van der Waals surface area (Å²) in [6, 6.07) is 24.4. The number of hydrogen-bond donors (Lipinski definition) is 0. The highest BCUT2D eigenvalue weighted by atomic mass is 16.5. The summed E-state index contributed by atoms with van der Waals surface area (Å²) in [5.41, 5.74) is 4.32. The van der Waals surface area contributed by atoms with Crippen LogP contribution in [-0.2, 0) is 0 Å². The van der Waals surface area contributed by atoms with Crippen LogP contribution in [0.5, 0.6) is 17.2 Å². The summed E-state index contributed by atoms with van der Waals surface area (Å²) in [7, 11) is 3.35. The molecule has 146 valence electrons. The summed E-state index contributed by atoms with van der Waals surface area (Å²) in [6.07, 6.45) is 0.532. The van der Waals surface area contributed by atoms with E-state index in [-0.39, 0.29) is 12.3 Å². The van der Waals surface area contributed by atoms with Crippen molar-refractivity contribution in [2.24, 2.45) is 5.10 Å². The molecule has 2 heterocycles. The fourth-order valence-corrected chi connectivity index (χ4v) is 4.00. The van der Waals surface area contributed by atoms with E-state index in [9.17, 15) is 0 Å². The number of methoxy groups -OCH3 is 2. The molecule has 0 unspecified atom stereocenters. The van der Waals surface area contributed by atoms with Crippen molar-refractivity contribution in [2.75, 3.05) is 14.2 Å². The maximum absolute atomic E-state index is 6.39. The zero-order valence-corrected chi connectivity index (χ0v) is 16.4. The Morgan fingerprint density at radius 3 is 2.48 bits per heavy atom. The molecule has 0 fully saturated rings. The highest BCUT2D eigenvalue weighted by Gasteiger charge is 2.40. The van der Waals surface area contributed by atoms with Gasteiger partial charge < -0.3 is 14.2 Å². The molecule has 5 nitrogen and oxygen atoms in total. The van der Waals surface area contributed by atoms with Crippen LogP contribution in [0, 0.1) is 0 Å². The van der Waals surface area contributed by atoms with Crippen LogP contribution in [0.3, 0.4) is 0 Å². The number of nitrogens with zero attached hydrogens (tertiary/aromatic N) is 2. The molecule has 2 aliphatic rings. The molecule has 0 saturated carbocycles. The Labute approximate surface area is 170 Å². The summed E-state index contributed by atoms with van der Waals surface area (Å²) in [5, 5.41) is 7.08. The molecular formula is C24H22N2O3. The van der Waals surface area contributed by atoms with E-state index in [1.54, 1.807) is 14.2 Å². The first kappa shape index (κ1) is 17.6. The first-order valence-corrected chi connectivity index (χ1v) is 9.66. The molecular weight excluding hydrogens is 364 g/mol. The number of rotatable bonds is 4. The minimum Gasteiger partial charge on any atom is -0.497 e. The van der Waals surface area contributed by atoms with Gasteiger partial charge in [0.2, 0.25) is 6.23 Å². The van der Waals surface area contributed by atoms with Gasteiger partial charge in [0.15, 0.2) is 0 Å². The molecule has 0 radical (unpaired) electrons. The molecule has 0 amide bonds. The lowest BCUT2D eigenvalue weighted by Gasteiger charge is -2.38. The predicted octanol–water partition coefficient (Wildman–Crippen LogP) is 4.95. The quantitative estimate of drug-likeness (QED) is 0.637. The smallest absolute Gasteiger partial charge is 0.213 e. The molecule has 0 bridgehead atoms. The predicted molar refractivity (Wildman–Crippen MR) is 112 cm³/mol. The van der Waals surface area contributed by atoms with Gasteiger partial charge in [0.1, 0.15) is 17.2 Å². The third-order valence-electron chi connectivity index (χ3n) is 5.50. The molecule has 2 aliphatic heterocycles. The Kier molecular flexibility index (Phi) is 4.35. The molecule has 0 spiro atoms. The first-order chi connectivity index (χ1) is 14.3. The van der Waals surface area contributed by atoms with E-state index >= 15 is 0 Å². The number of para-hydroxylation sites is 1. The van der Waals surface area contributed by atoms with Crippen molar-refractivity contribution < 1.29 is 14.2 Å².